The Morgan fingerprint density at radius 2 is 2.12 bits per heavy atom. The molecular formula is C18H19ClN6O. The van der Waals surface area contributed by atoms with E-state index >= 15 is 0 Å². The summed E-state index contributed by atoms with van der Waals surface area (Å²) in [5.41, 5.74) is 1.67. The molecule has 1 amide bonds. The summed E-state index contributed by atoms with van der Waals surface area (Å²) in [5.74, 6) is 0.727. The van der Waals surface area contributed by atoms with Gasteiger partial charge in [0.2, 0.25) is 11.9 Å². The molecule has 3 aromatic heterocycles. The molecular weight excluding hydrogens is 352 g/mol. The van der Waals surface area contributed by atoms with E-state index in [9.17, 15) is 4.79 Å². The van der Waals surface area contributed by atoms with Gasteiger partial charge in [-0.25, -0.2) is 0 Å². The van der Waals surface area contributed by atoms with E-state index in [1.807, 2.05) is 28.8 Å². The molecule has 3 aromatic rings. The average Bonchev–Trinajstić information content (AvgIpc) is 3.12. The zero-order chi connectivity index (χ0) is 17.9. The van der Waals surface area contributed by atoms with Crippen molar-refractivity contribution in [3.8, 4) is 0 Å². The number of pyridine rings is 2. The van der Waals surface area contributed by atoms with Gasteiger partial charge in [0, 0.05) is 38.2 Å². The quantitative estimate of drug-likeness (QED) is 0.762. The fourth-order valence-corrected chi connectivity index (χ4v) is 3.50. The molecule has 0 spiro atoms. The number of aromatic nitrogens is 4. The highest BCUT2D eigenvalue weighted by atomic mass is 35.5. The Hall–Kier alpha value is -2.67. The maximum atomic E-state index is 12.6. The molecule has 1 aliphatic heterocycles. The van der Waals surface area contributed by atoms with Crippen molar-refractivity contribution in [3.05, 3.63) is 53.4 Å². The molecule has 7 nitrogen and oxygen atoms in total. The minimum atomic E-state index is -0.0721. The Kier molecular flexibility index (Phi) is 4.71. The number of carbonyl (C=O) groups is 1. The molecule has 134 valence electrons. The van der Waals surface area contributed by atoms with E-state index in [4.69, 9.17) is 11.6 Å². The Morgan fingerprint density at radius 1 is 1.27 bits per heavy atom. The van der Waals surface area contributed by atoms with Crippen molar-refractivity contribution in [2.75, 3.05) is 18.0 Å². The van der Waals surface area contributed by atoms with Crippen LogP contribution in [0.1, 0.15) is 18.4 Å². The molecule has 0 aromatic carbocycles. The largest absolute Gasteiger partial charge is 0.352 e. The van der Waals surface area contributed by atoms with Crippen molar-refractivity contribution in [2.24, 2.45) is 5.92 Å². The minimum Gasteiger partial charge on any atom is -0.352 e. The topological polar surface area (TPSA) is 75.4 Å². The number of halogens is 1. The molecule has 0 unspecified atom stereocenters. The minimum absolute atomic E-state index is 0.0679. The summed E-state index contributed by atoms with van der Waals surface area (Å²) in [7, 11) is 0. The number of rotatable bonds is 4. The van der Waals surface area contributed by atoms with E-state index in [2.05, 4.69) is 25.4 Å². The Labute approximate surface area is 156 Å². The lowest BCUT2D eigenvalue weighted by molar-refractivity contribution is -0.125. The number of fused-ring (bicyclic) bond motifs is 1. The monoisotopic (exact) mass is 370 g/mol. The van der Waals surface area contributed by atoms with E-state index in [0.717, 1.165) is 30.9 Å². The first-order chi connectivity index (χ1) is 12.7. The number of hydrogen-bond acceptors (Lipinski definition) is 5. The maximum absolute atomic E-state index is 12.6. The fourth-order valence-electron chi connectivity index (χ4n) is 3.29. The summed E-state index contributed by atoms with van der Waals surface area (Å²) in [6.45, 7) is 1.98. The molecule has 8 heteroatoms. The zero-order valence-corrected chi connectivity index (χ0v) is 14.9. The summed E-state index contributed by atoms with van der Waals surface area (Å²) in [5, 5.41) is 12.0. The third-order valence-corrected chi connectivity index (χ3v) is 4.96. The van der Waals surface area contributed by atoms with Crippen molar-refractivity contribution in [1.82, 2.24) is 24.9 Å². The summed E-state index contributed by atoms with van der Waals surface area (Å²) >= 11 is 6.18. The number of nitrogens with one attached hydrogen (secondary N) is 1. The maximum Gasteiger partial charge on any atom is 0.231 e. The fraction of sp³-hybridized carbons (Fsp3) is 0.333. The molecule has 4 rings (SSSR count). The summed E-state index contributed by atoms with van der Waals surface area (Å²) in [4.78, 5) is 18.7. The second-order valence-electron chi connectivity index (χ2n) is 6.41. The molecule has 0 aliphatic carbocycles. The highest BCUT2D eigenvalue weighted by Gasteiger charge is 2.28. The van der Waals surface area contributed by atoms with Crippen LogP contribution >= 0.6 is 11.6 Å². The third kappa shape index (κ3) is 3.35. The SMILES string of the molecule is O=C(NCc1ccncc1)[C@@H]1CCCN(c2nnc3c(Cl)cccn23)C1. The van der Waals surface area contributed by atoms with Crippen LogP contribution in [-0.4, -0.2) is 38.6 Å². The van der Waals surface area contributed by atoms with Crippen LogP contribution in [0, 0.1) is 5.92 Å². The van der Waals surface area contributed by atoms with Gasteiger partial charge in [-0.2, -0.15) is 0 Å². The predicted molar refractivity (Wildman–Crippen MR) is 99.0 cm³/mol. The Morgan fingerprint density at radius 3 is 2.96 bits per heavy atom. The molecule has 1 fully saturated rings. The first-order valence-corrected chi connectivity index (χ1v) is 9.01. The standard InChI is InChI=1S/C18H19ClN6O/c19-15-4-2-10-25-16(15)22-23-18(25)24-9-1-3-14(12-24)17(26)21-11-13-5-7-20-8-6-13/h2,4-8,10,14H,1,3,9,11-12H2,(H,21,26)/t14-/m1/s1. The van der Waals surface area contributed by atoms with Crippen LogP contribution in [0.25, 0.3) is 5.65 Å². The van der Waals surface area contributed by atoms with Gasteiger partial charge in [-0.1, -0.05) is 11.6 Å². The molecule has 0 radical (unpaired) electrons. The molecule has 4 heterocycles. The van der Waals surface area contributed by atoms with Crippen molar-refractivity contribution < 1.29 is 4.79 Å². The predicted octanol–water partition coefficient (Wildman–Crippen LogP) is 2.31. The molecule has 26 heavy (non-hydrogen) atoms. The molecule has 0 bridgehead atoms. The van der Waals surface area contributed by atoms with Crippen LogP contribution in [-0.2, 0) is 11.3 Å². The molecule has 1 aliphatic rings. The molecule has 0 saturated carbocycles. The Balaban J connectivity index is 1.45. The smallest absolute Gasteiger partial charge is 0.231 e. The summed E-state index contributed by atoms with van der Waals surface area (Å²) < 4.78 is 1.87. The number of anilines is 1. The van der Waals surface area contributed by atoms with E-state index in [0.29, 0.717) is 23.8 Å². The van der Waals surface area contributed by atoms with Crippen LogP contribution < -0.4 is 10.2 Å². The first-order valence-electron chi connectivity index (χ1n) is 8.63. The summed E-state index contributed by atoms with van der Waals surface area (Å²) in [6.07, 6.45) is 7.15. The highest BCUT2D eigenvalue weighted by Crippen LogP contribution is 2.24. The lowest BCUT2D eigenvalue weighted by Crippen LogP contribution is -2.43. The number of hydrogen-bond donors (Lipinski definition) is 1. The molecule has 1 atom stereocenters. The van der Waals surface area contributed by atoms with Gasteiger partial charge in [0.25, 0.3) is 0 Å². The van der Waals surface area contributed by atoms with E-state index < -0.39 is 0 Å². The van der Waals surface area contributed by atoms with Crippen LogP contribution in [0.15, 0.2) is 42.9 Å². The van der Waals surface area contributed by atoms with Gasteiger partial charge in [-0.15, -0.1) is 10.2 Å². The average molecular weight is 371 g/mol. The zero-order valence-electron chi connectivity index (χ0n) is 14.2. The van der Waals surface area contributed by atoms with Crippen molar-refractivity contribution in [2.45, 2.75) is 19.4 Å². The van der Waals surface area contributed by atoms with Gasteiger partial charge < -0.3 is 10.2 Å². The van der Waals surface area contributed by atoms with Crippen LogP contribution in [0.4, 0.5) is 5.95 Å². The lowest BCUT2D eigenvalue weighted by atomic mass is 9.97. The van der Waals surface area contributed by atoms with Crippen molar-refractivity contribution in [1.29, 1.82) is 0 Å². The van der Waals surface area contributed by atoms with Crippen molar-refractivity contribution >= 4 is 29.1 Å². The van der Waals surface area contributed by atoms with E-state index in [-0.39, 0.29) is 11.8 Å². The lowest BCUT2D eigenvalue weighted by Gasteiger charge is -2.32. The van der Waals surface area contributed by atoms with Gasteiger partial charge in [-0.05, 0) is 42.7 Å². The first kappa shape index (κ1) is 16.8. The molecule has 1 saturated heterocycles. The summed E-state index contributed by atoms with van der Waals surface area (Å²) in [6, 6.07) is 7.46. The van der Waals surface area contributed by atoms with Crippen LogP contribution in [0.5, 0.6) is 0 Å². The van der Waals surface area contributed by atoms with Gasteiger partial charge in [0.1, 0.15) is 0 Å². The number of piperidine rings is 1. The van der Waals surface area contributed by atoms with Gasteiger partial charge in [-0.3, -0.25) is 14.2 Å². The van der Waals surface area contributed by atoms with Gasteiger partial charge in [0.15, 0.2) is 5.65 Å². The third-order valence-electron chi connectivity index (χ3n) is 4.66. The highest BCUT2D eigenvalue weighted by molar-refractivity contribution is 6.33. The van der Waals surface area contributed by atoms with Gasteiger partial charge >= 0.3 is 0 Å². The second kappa shape index (κ2) is 7.29. The van der Waals surface area contributed by atoms with Crippen LogP contribution in [0.3, 0.4) is 0 Å². The number of amides is 1. The Bertz CT molecular complexity index is 912. The number of carbonyl (C=O) groups excluding carboxylic acids is 1. The van der Waals surface area contributed by atoms with E-state index in [1.165, 1.54) is 0 Å². The second-order valence-corrected chi connectivity index (χ2v) is 6.82. The number of nitrogens with zero attached hydrogens (tertiary/aromatic N) is 5. The van der Waals surface area contributed by atoms with Crippen molar-refractivity contribution in [3.63, 3.8) is 0 Å². The van der Waals surface area contributed by atoms with Crippen LogP contribution in [0.2, 0.25) is 5.02 Å². The van der Waals surface area contributed by atoms with E-state index in [1.54, 1.807) is 18.5 Å². The van der Waals surface area contributed by atoms with Gasteiger partial charge in [0.05, 0.1) is 10.9 Å². The normalized spacial score (nSPS) is 17.4. The molecule has 1 N–H and O–H groups in total.